The van der Waals surface area contributed by atoms with Crippen molar-refractivity contribution in [3.05, 3.63) is 0 Å². The monoisotopic (exact) mass is 243 g/mol. The molecule has 4 nitrogen and oxygen atoms in total. The van der Waals surface area contributed by atoms with Crippen molar-refractivity contribution in [3.8, 4) is 0 Å². The summed E-state index contributed by atoms with van der Waals surface area (Å²) in [6, 6.07) is 0. The lowest BCUT2D eigenvalue weighted by molar-refractivity contribution is -0.142. The fraction of sp³-hybridized carbons (Fsp3) is 0.846. The predicted octanol–water partition coefficient (Wildman–Crippen LogP) is 2.27. The second-order valence-corrected chi connectivity index (χ2v) is 4.30. The van der Waals surface area contributed by atoms with Crippen molar-refractivity contribution < 1.29 is 14.3 Å². The normalized spacial score (nSPS) is 11.9. The molecule has 0 aromatic rings. The van der Waals surface area contributed by atoms with Gasteiger partial charge in [-0.05, 0) is 12.3 Å². The maximum absolute atomic E-state index is 11.4. The first kappa shape index (κ1) is 15.9. The van der Waals surface area contributed by atoms with Crippen LogP contribution in [0.2, 0.25) is 0 Å². The summed E-state index contributed by atoms with van der Waals surface area (Å²) in [4.78, 5) is 22.3. The van der Waals surface area contributed by atoms with Crippen molar-refractivity contribution in [1.29, 1.82) is 0 Å². The molecule has 0 saturated heterocycles. The van der Waals surface area contributed by atoms with E-state index in [0.717, 1.165) is 19.4 Å². The molecule has 0 fully saturated rings. The van der Waals surface area contributed by atoms with Crippen molar-refractivity contribution >= 4 is 11.9 Å². The third-order valence-corrected chi connectivity index (χ3v) is 2.92. The number of unbranched alkanes of at least 4 members (excludes halogenated alkanes) is 1. The van der Waals surface area contributed by atoms with Gasteiger partial charge >= 0.3 is 5.97 Å². The number of carbonyl (C=O) groups excluding carboxylic acids is 2. The lowest BCUT2D eigenvalue weighted by Gasteiger charge is -2.15. The number of carbonyl (C=O) groups is 2. The standard InChI is InChI=1S/C13H25NO3/c1-4-6-7-11(5-2)10-14-12(15)8-9-13(16)17-3/h11H,4-10H2,1-3H3,(H,14,15). The molecule has 1 amide bonds. The van der Waals surface area contributed by atoms with Crippen LogP contribution in [-0.4, -0.2) is 25.5 Å². The predicted molar refractivity (Wildman–Crippen MR) is 67.6 cm³/mol. The first-order chi connectivity index (χ1) is 8.13. The summed E-state index contributed by atoms with van der Waals surface area (Å²) in [5, 5.41) is 2.88. The number of amides is 1. The maximum atomic E-state index is 11.4. The SMILES string of the molecule is CCCCC(CC)CNC(=O)CCC(=O)OC. The smallest absolute Gasteiger partial charge is 0.306 e. The van der Waals surface area contributed by atoms with Crippen LogP contribution in [0.25, 0.3) is 0 Å². The molecule has 0 radical (unpaired) electrons. The number of hydrogen-bond donors (Lipinski definition) is 1. The lowest BCUT2D eigenvalue weighted by atomic mass is 9.99. The molecule has 1 N–H and O–H groups in total. The Labute approximate surface area is 104 Å². The zero-order valence-electron chi connectivity index (χ0n) is 11.3. The van der Waals surface area contributed by atoms with Gasteiger partial charge in [-0.3, -0.25) is 9.59 Å². The van der Waals surface area contributed by atoms with Gasteiger partial charge in [-0.15, -0.1) is 0 Å². The van der Waals surface area contributed by atoms with Crippen molar-refractivity contribution in [2.24, 2.45) is 5.92 Å². The van der Waals surface area contributed by atoms with E-state index in [2.05, 4.69) is 23.9 Å². The van der Waals surface area contributed by atoms with Gasteiger partial charge < -0.3 is 10.1 Å². The summed E-state index contributed by atoms with van der Waals surface area (Å²) in [6.45, 7) is 5.03. The summed E-state index contributed by atoms with van der Waals surface area (Å²) in [5.74, 6) is 0.153. The van der Waals surface area contributed by atoms with E-state index in [9.17, 15) is 9.59 Å². The van der Waals surface area contributed by atoms with Crippen LogP contribution in [0.4, 0.5) is 0 Å². The van der Waals surface area contributed by atoms with Crippen molar-refractivity contribution in [3.63, 3.8) is 0 Å². The highest BCUT2D eigenvalue weighted by Crippen LogP contribution is 2.11. The minimum atomic E-state index is -0.335. The molecule has 0 heterocycles. The first-order valence-corrected chi connectivity index (χ1v) is 6.47. The Hall–Kier alpha value is -1.06. The van der Waals surface area contributed by atoms with Crippen LogP contribution in [0.15, 0.2) is 0 Å². The van der Waals surface area contributed by atoms with Crippen LogP contribution in [0, 0.1) is 5.92 Å². The number of rotatable bonds is 9. The molecule has 0 spiro atoms. The molecule has 0 aromatic heterocycles. The van der Waals surface area contributed by atoms with Gasteiger partial charge in [0.2, 0.25) is 5.91 Å². The van der Waals surface area contributed by atoms with Gasteiger partial charge in [-0.2, -0.15) is 0 Å². The minimum Gasteiger partial charge on any atom is -0.469 e. The second-order valence-electron chi connectivity index (χ2n) is 4.30. The first-order valence-electron chi connectivity index (χ1n) is 6.47. The summed E-state index contributed by atoms with van der Waals surface area (Å²) in [6.07, 6.45) is 5.01. The molecule has 4 heteroatoms. The Morgan fingerprint density at radius 1 is 1.24 bits per heavy atom. The van der Waals surface area contributed by atoms with Gasteiger partial charge in [0.05, 0.1) is 13.5 Å². The van der Waals surface area contributed by atoms with Crippen LogP contribution in [-0.2, 0) is 14.3 Å². The minimum absolute atomic E-state index is 0.0645. The summed E-state index contributed by atoms with van der Waals surface area (Å²) < 4.78 is 4.48. The number of hydrogen-bond acceptors (Lipinski definition) is 3. The molecule has 0 aromatic carbocycles. The fourth-order valence-corrected chi connectivity index (χ4v) is 1.61. The van der Waals surface area contributed by atoms with E-state index in [-0.39, 0.29) is 24.7 Å². The average molecular weight is 243 g/mol. The summed E-state index contributed by atoms with van der Waals surface area (Å²) in [7, 11) is 1.33. The van der Waals surface area contributed by atoms with Crippen LogP contribution < -0.4 is 5.32 Å². The third kappa shape index (κ3) is 8.72. The Kier molecular flexibility index (Phi) is 9.49. The van der Waals surface area contributed by atoms with E-state index in [1.165, 1.54) is 20.0 Å². The van der Waals surface area contributed by atoms with E-state index >= 15 is 0 Å². The molecule has 100 valence electrons. The Morgan fingerprint density at radius 2 is 1.94 bits per heavy atom. The largest absolute Gasteiger partial charge is 0.469 e. The van der Waals surface area contributed by atoms with E-state index in [0.29, 0.717) is 5.92 Å². The molecule has 17 heavy (non-hydrogen) atoms. The third-order valence-electron chi connectivity index (χ3n) is 2.92. The molecular weight excluding hydrogens is 218 g/mol. The van der Waals surface area contributed by atoms with Crippen molar-refractivity contribution in [2.45, 2.75) is 52.4 Å². The highest BCUT2D eigenvalue weighted by molar-refractivity contribution is 5.81. The van der Waals surface area contributed by atoms with Crippen LogP contribution in [0.5, 0.6) is 0 Å². The topological polar surface area (TPSA) is 55.4 Å². The molecule has 0 bridgehead atoms. The number of ether oxygens (including phenoxy) is 1. The van der Waals surface area contributed by atoms with Gasteiger partial charge in [0, 0.05) is 13.0 Å². The molecule has 1 atom stereocenters. The quantitative estimate of drug-likeness (QED) is 0.632. The lowest BCUT2D eigenvalue weighted by Crippen LogP contribution is -2.29. The van der Waals surface area contributed by atoms with E-state index in [1.807, 2.05) is 0 Å². The van der Waals surface area contributed by atoms with E-state index in [1.54, 1.807) is 0 Å². The number of nitrogens with one attached hydrogen (secondary N) is 1. The van der Waals surface area contributed by atoms with Gasteiger partial charge in [-0.1, -0.05) is 33.1 Å². The molecule has 0 saturated carbocycles. The summed E-state index contributed by atoms with van der Waals surface area (Å²) in [5.41, 5.74) is 0. The Balaban J connectivity index is 3.69. The number of esters is 1. The number of methoxy groups -OCH3 is 1. The van der Waals surface area contributed by atoms with Gasteiger partial charge in [0.1, 0.15) is 0 Å². The average Bonchev–Trinajstić information content (AvgIpc) is 2.36. The molecular formula is C13H25NO3. The van der Waals surface area contributed by atoms with Crippen molar-refractivity contribution in [2.75, 3.05) is 13.7 Å². The fourth-order valence-electron chi connectivity index (χ4n) is 1.61. The summed E-state index contributed by atoms with van der Waals surface area (Å²) >= 11 is 0. The zero-order chi connectivity index (χ0) is 13.1. The second kappa shape index (κ2) is 10.1. The van der Waals surface area contributed by atoms with E-state index < -0.39 is 0 Å². The maximum Gasteiger partial charge on any atom is 0.306 e. The molecule has 0 aliphatic carbocycles. The zero-order valence-corrected chi connectivity index (χ0v) is 11.3. The molecule has 0 rings (SSSR count). The van der Waals surface area contributed by atoms with E-state index in [4.69, 9.17) is 0 Å². The highest BCUT2D eigenvalue weighted by Gasteiger charge is 2.09. The van der Waals surface area contributed by atoms with Crippen LogP contribution in [0.3, 0.4) is 0 Å². The van der Waals surface area contributed by atoms with Gasteiger partial charge in [0.25, 0.3) is 0 Å². The van der Waals surface area contributed by atoms with Crippen LogP contribution in [0.1, 0.15) is 52.4 Å². The molecule has 1 unspecified atom stereocenters. The Morgan fingerprint density at radius 3 is 2.47 bits per heavy atom. The molecule has 0 aliphatic heterocycles. The van der Waals surface area contributed by atoms with Crippen LogP contribution >= 0.6 is 0 Å². The Bertz CT molecular complexity index is 229. The van der Waals surface area contributed by atoms with Gasteiger partial charge in [0.15, 0.2) is 0 Å². The molecule has 0 aliphatic rings. The van der Waals surface area contributed by atoms with Gasteiger partial charge in [-0.25, -0.2) is 0 Å². The highest BCUT2D eigenvalue weighted by atomic mass is 16.5. The van der Waals surface area contributed by atoms with Crippen molar-refractivity contribution in [1.82, 2.24) is 5.32 Å².